The monoisotopic (exact) mass is 448 g/mol. The number of hydrogen-bond acceptors (Lipinski definition) is 9. The molecular formula is C21H21ClN10. The van der Waals surface area contributed by atoms with Crippen LogP contribution in [0.1, 0.15) is 30.9 Å². The van der Waals surface area contributed by atoms with E-state index in [1.54, 1.807) is 6.07 Å². The topological polar surface area (TPSA) is 130 Å². The van der Waals surface area contributed by atoms with Crippen LogP contribution >= 0.6 is 11.6 Å². The molecule has 0 radical (unpaired) electrons. The molecule has 1 atom stereocenters. The first-order valence-electron chi connectivity index (χ1n) is 10.5. The fourth-order valence-electron chi connectivity index (χ4n) is 3.81. The van der Waals surface area contributed by atoms with E-state index in [2.05, 4.69) is 55.0 Å². The zero-order chi connectivity index (χ0) is 22.2. The molecule has 0 unspecified atom stereocenters. The molecule has 2 fully saturated rings. The summed E-state index contributed by atoms with van der Waals surface area (Å²) in [5, 5.41) is 33.6. The van der Waals surface area contributed by atoms with E-state index in [0.717, 1.165) is 38.2 Å². The van der Waals surface area contributed by atoms with Crippen molar-refractivity contribution in [1.82, 2.24) is 24.9 Å². The Balaban J connectivity index is 1.56. The van der Waals surface area contributed by atoms with Gasteiger partial charge in [0.05, 0.1) is 34.2 Å². The summed E-state index contributed by atoms with van der Waals surface area (Å²) < 4.78 is 1.53. The molecule has 10 nitrogen and oxygen atoms in total. The van der Waals surface area contributed by atoms with Crippen LogP contribution in [0.25, 0.3) is 5.65 Å². The first-order chi connectivity index (χ1) is 15.6. The van der Waals surface area contributed by atoms with Gasteiger partial charge in [-0.1, -0.05) is 11.6 Å². The van der Waals surface area contributed by atoms with Gasteiger partial charge in [0.1, 0.15) is 11.6 Å². The van der Waals surface area contributed by atoms with Crippen molar-refractivity contribution < 1.29 is 0 Å². The van der Waals surface area contributed by atoms with E-state index in [0.29, 0.717) is 39.5 Å². The number of benzene rings is 1. The molecule has 2 aliphatic rings. The van der Waals surface area contributed by atoms with Gasteiger partial charge >= 0.3 is 0 Å². The van der Waals surface area contributed by atoms with E-state index in [1.165, 1.54) is 10.7 Å². The highest BCUT2D eigenvalue weighted by atomic mass is 35.5. The number of piperazine rings is 1. The molecule has 0 amide bonds. The van der Waals surface area contributed by atoms with Gasteiger partial charge in [-0.25, -0.2) is 0 Å². The van der Waals surface area contributed by atoms with E-state index in [1.807, 2.05) is 6.07 Å². The van der Waals surface area contributed by atoms with Crippen LogP contribution in [-0.4, -0.2) is 51.3 Å². The zero-order valence-corrected chi connectivity index (χ0v) is 18.2. The van der Waals surface area contributed by atoms with Gasteiger partial charge in [0.15, 0.2) is 5.65 Å². The summed E-state index contributed by atoms with van der Waals surface area (Å²) in [6, 6.07) is 8.38. The lowest BCUT2D eigenvalue weighted by Crippen LogP contribution is -2.50. The molecule has 3 heterocycles. The average molecular weight is 449 g/mol. The minimum Gasteiger partial charge on any atom is -0.365 e. The predicted molar refractivity (Wildman–Crippen MR) is 121 cm³/mol. The Kier molecular flexibility index (Phi) is 5.17. The molecule has 2 aromatic heterocycles. The number of anilines is 4. The summed E-state index contributed by atoms with van der Waals surface area (Å²) in [5.41, 5.74) is 2.56. The second-order valence-corrected chi connectivity index (χ2v) is 8.41. The molecule has 11 heteroatoms. The zero-order valence-electron chi connectivity index (χ0n) is 17.4. The highest BCUT2D eigenvalue weighted by molar-refractivity contribution is 6.36. The smallest absolute Gasteiger partial charge is 0.232 e. The number of rotatable bonds is 5. The number of fused-ring (bicyclic) bond motifs is 1. The third-order valence-corrected chi connectivity index (χ3v) is 6.04. The van der Waals surface area contributed by atoms with E-state index < -0.39 is 0 Å². The molecule has 1 aliphatic carbocycles. The van der Waals surface area contributed by atoms with Gasteiger partial charge in [-0.05, 0) is 31.9 Å². The van der Waals surface area contributed by atoms with E-state index in [-0.39, 0.29) is 12.0 Å². The third-order valence-electron chi connectivity index (χ3n) is 5.64. The van der Waals surface area contributed by atoms with Gasteiger partial charge in [-0.2, -0.15) is 30.1 Å². The van der Waals surface area contributed by atoms with Crippen LogP contribution in [0, 0.1) is 22.7 Å². The van der Waals surface area contributed by atoms with Crippen molar-refractivity contribution in [2.75, 3.05) is 35.2 Å². The Morgan fingerprint density at radius 3 is 2.78 bits per heavy atom. The maximum absolute atomic E-state index is 9.60. The maximum atomic E-state index is 9.60. The van der Waals surface area contributed by atoms with Gasteiger partial charge in [-0.3, -0.25) is 0 Å². The largest absolute Gasteiger partial charge is 0.365 e. The normalized spacial score (nSPS) is 18.2. The number of aromatic nitrogens is 4. The van der Waals surface area contributed by atoms with Crippen LogP contribution in [0.4, 0.5) is 23.3 Å². The Morgan fingerprint density at radius 2 is 2.06 bits per heavy atom. The molecule has 3 N–H and O–H groups in total. The van der Waals surface area contributed by atoms with Gasteiger partial charge in [0.2, 0.25) is 11.9 Å². The summed E-state index contributed by atoms with van der Waals surface area (Å²) >= 11 is 6.80. The van der Waals surface area contributed by atoms with Gasteiger partial charge in [-0.15, -0.1) is 0 Å². The highest BCUT2D eigenvalue weighted by Gasteiger charge is 2.25. The van der Waals surface area contributed by atoms with Crippen LogP contribution in [0.3, 0.4) is 0 Å². The standard InChI is InChI=1S/C21H21ClN10/c1-12-10-25-4-5-31(12)17-7-13(8-23)6-16(18(17)22)28-20-29-19-14(9-24)11-26-32(19)21(30-20)27-15-2-3-15/h6-7,11-12,15,25H,2-5,10H2,1H3,(H2,27,28,29,30)/t12-/m0/s1. The Morgan fingerprint density at radius 1 is 1.22 bits per heavy atom. The average Bonchev–Trinajstić information content (AvgIpc) is 3.51. The molecule has 1 aromatic carbocycles. The lowest BCUT2D eigenvalue weighted by molar-refractivity contribution is 0.501. The van der Waals surface area contributed by atoms with E-state index >= 15 is 0 Å². The lowest BCUT2D eigenvalue weighted by atomic mass is 10.1. The maximum Gasteiger partial charge on any atom is 0.232 e. The Bertz CT molecular complexity index is 1270. The summed E-state index contributed by atoms with van der Waals surface area (Å²) in [6.07, 6.45) is 3.59. The molecule has 32 heavy (non-hydrogen) atoms. The SMILES string of the molecule is C[C@H]1CNCCN1c1cc(C#N)cc(Nc2nc(NC3CC3)n3ncc(C#N)c3n2)c1Cl. The Labute approximate surface area is 189 Å². The van der Waals surface area contributed by atoms with Crippen molar-refractivity contribution >= 4 is 40.5 Å². The molecule has 162 valence electrons. The number of nitriles is 2. The molecule has 5 rings (SSSR count). The number of hydrogen-bond donors (Lipinski definition) is 3. The molecule has 1 saturated carbocycles. The van der Waals surface area contributed by atoms with Crippen molar-refractivity contribution in [1.29, 1.82) is 10.5 Å². The molecular weight excluding hydrogens is 428 g/mol. The Hall–Kier alpha value is -3.60. The highest BCUT2D eigenvalue weighted by Crippen LogP contribution is 2.37. The molecule has 3 aromatic rings. The van der Waals surface area contributed by atoms with Crippen LogP contribution in [0.2, 0.25) is 5.02 Å². The van der Waals surface area contributed by atoms with Crippen molar-refractivity contribution in [2.45, 2.75) is 31.8 Å². The minimum atomic E-state index is 0.231. The van der Waals surface area contributed by atoms with Crippen LogP contribution in [0.5, 0.6) is 0 Å². The second kappa shape index (κ2) is 8.15. The lowest BCUT2D eigenvalue weighted by Gasteiger charge is -2.36. The third kappa shape index (κ3) is 3.75. The van der Waals surface area contributed by atoms with E-state index in [4.69, 9.17) is 11.6 Å². The van der Waals surface area contributed by atoms with Crippen LogP contribution < -0.4 is 20.9 Å². The number of halogens is 1. The van der Waals surface area contributed by atoms with Crippen molar-refractivity contribution in [2.24, 2.45) is 0 Å². The van der Waals surface area contributed by atoms with Gasteiger partial charge in [0, 0.05) is 31.7 Å². The van der Waals surface area contributed by atoms with E-state index in [9.17, 15) is 10.5 Å². The fourth-order valence-corrected chi connectivity index (χ4v) is 4.07. The van der Waals surface area contributed by atoms with Gasteiger partial charge < -0.3 is 20.9 Å². The fraction of sp³-hybridized carbons (Fsp3) is 0.381. The second-order valence-electron chi connectivity index (χ2n) is 8.04. The first-order valence-corrected chi connectivity index (χ1v) is 10.9. The quantitative estimate of drug-likeness (QED) is 0.539. The molecule has 1 saturated heterocycles. The number of nitrogens with one attached hydrogen (secondary N) is 3. The minimum absolute atomic E-state index is 0.231. The summed E-state index contributed by atoms with van der Waals surface area (Å²) in [7, 11) is 0. The summed E-state index contributed by atoms with van der Waals surface area (Å²) in [6.45, 7) is 4.58. The van der Waals surface area contributed by atoms with Gasteiger partial charge in [0.25, 0.3) is 0 Å². The van der Waals surface area contributed by atoms with Crippen LogP contribution in [-0.2, 0) is 0 Å². The molecule has 0 spiro atoms. The van der Waals surface area contributed by atoms with Crippen LogP contribution in [0.15, 0.2) is 18.3 Å². The van der Waals surface area contributed by atoms with Crippen molar-refractivity contribution in [3.05, 3.63) is 34.5 Å². The summed E-state index contributed by atoms with van der Waals surface area (Å²) in [4.78, 5) is 11.3. The predicted octanol–water partition coefficient (Wildman–Crippen LogP) is 2.64. The molecule has 0 bridgehead atoms. The summed E-state index contributed by atoms with van der Waals surface area (Å²) in [5.74, 6) is 0.777. The first kappa shape index (κ1) is 20.3. The van der Waals surface area contributed by atoms with Crippen molar-refractivity contribution in [3.63, 3.8) is 0 Å². The molecule has 1 aliphatic heterocycles. The van der Waals surface area contributed by atoms with Crippen molar-refractivity contribution in [3.8, 4) is 12.1 Å². The number of nitrogens with zero attached hydrogens (tertiary/aromatic N) is 7.